The fourth-order valence-corrected chi connectivity index (χ4v) is 1.87. The Morgan fingerprint density at radius 1 is 1.39 bits per heavy atom. The Morgan fingerprint density at radius 2 is 2.00 bits per heavy atom. The van der Waals surface area contributed by atoms with Crippen LogP contribution in [-0.4, -0.2) is 27.3 Å². The van der Waals surface area contributed by atoms with Crippen molar-refractivity contribution in [3.05, 3.63) is 29.6 Å². The molecule has 18 heavy (non-hydrogen) atoms. The van der Waals surface area contributed by atoms with E-state index in [2.05, 4.69) is 0 Å². The van der Waals surface area contributed by atoms with Crippen LogP contribution in [0.25, 0.3) is 0 Å². The van der Waals surface area contributed by atoms with Crippen molar-refractivity contribution in [2.24, 2.45) is 0 Å². The molecule has 0 aliphatic carbocycles. The van der Waals surface area contributed by atoms with Crippen molar-refractivity contribution in [2.75, 3.05) is 6.54 Å². The third-order valence-electron chi connectivity index (χ3n) is 1.88. The van der Waals surface area contributed by atoms with Gasteiger partial charge < -0.3 is 5.32 Å². The van der Waals surface area contributed by atoms with Crippen molar-refractivity contribution in [1.29, 1.82) is 0 Å². The molecule has 0 aromatic heterocycles. The summed E-state index contributed by atoms with van der Waals surface area (Å²) in [6.07, 6.45) is -2.79. The van der Waals surface area contributed by atoms with Crippen molar-refractivity contribution >= 4 is 25.6 Å². The monoisotopic (exact) mass is 301 g/mol. The average Bonchev–Trinajstić information content (AvgIpc) is 2.24. The first-order valence-electron chi connectivity index (χ1n) is 4.52. The van der Waals surface area contributed by atoms with Gasteiger partial charge in [-0.3, -0.25) is 4.79 Å². The molecule has 0 saturated carbocycles. The molecule has 0 unspecified atom stereocenters. The average molecular weight is 302 g/mol. The highest BCUT2D eigenvalue weighted by Crippen LogP contribution is 2.18. The number of nitrogens with one attached hydrogen (secondary N) is 1. The second-order valence-electron chi connectivity index (χ2n) is 3.18. The van der Waals surface area contributed by atoms with Gasteiger partial charge in [-0.25, -0.2) is 21.6 Å². The second-order valence-corrected chi connectivity index (χ2v) is 5.75. The van der Waals surface area contributed by atoms with Crippen LogP contribution >= 0.6 is 10.7 Å². The standard InChI is InChI=1S/C9H7ClF3NO3S/c10-18(16,17)5-1-2-7(11)6(3-5)9(15)14-4-8(12)13/h1-3,8H,4H2,(H,14,15). The molecule has 0 saturated heterocycles. The number of alkyl halides is 2. The number of carbonyl (C=O) groups excluding carboxylic acids is 1. The van der Waals surface area contributed by atoms with Crippen molar-refractivity contribution < 1.29 is 26.4 Å². The summed E-state index contributed by atoms with van der Waals surface area (Å²) < 4.78 is 58.9. The minimum absolute atomic E-state index is 0.493. The number of amides is 1. The molecule has 100 valence electrons. The van der Waals surface area contributed by atoms with Gasteiger partial charge in [-0.15, -0.1) is 0 Å². The van der Waals surface area contributed by atoms with E-state index in [1.54, 1.807) is 5.32 Å². The molecule has 1 rings (SSSR count). The number of hydrogen-bond acceptors (Lipinski definition) is 3. The summed E-state index contributed by atoms with van der Waals surface area (Å²) in [7, 11) is 0.884. The van der Waals surface area contributed by atoms with Crippen LogP contribution in [0.4, 0.5) is 13.2 Å². The van der Waals surface area contributed by atoms with E-state index in [1.165, 1.54) is 0 Å². The summed E-state index contributed by atoms with van der Waals surface area (Å²) in [4.78, 5) is 10.8. The van der Waals surface area contributed by atoms with Gasteiger partial charge in [0.1, 0.15) is 5.82 Å². The number of rotatable bonds is 4. The van der Waals surface area contributed by atoms with Crippen molar-refractivity contribution in [1.82, 2.24) is 5.32 Å². The summed E-state index contributed by atoms with van der Waals surface area (Å²) >= 11 is 0. The van der Waals surface area contributed by atoms with Gasteiger partial charge in [-0.05, 0) is 18.2 Å². The number of halogens is 4. The molecule has 0 bridgehead atoms. The first-order valence-corrected chi connectivity index (χ1v) is 6.83. The van der Waals surface area contributed by atoms with Crippen LogP contribution in [-0.2, 0) is 9.05 Å². The second kappa shape index (κ2) is 5.57. The summed E-state index contributed by atoms with van der Waals surface area (Å²) in [5.74, 6) is -2.18. The highest BCUT2D eigenvalue weighted by Gasteiger charge is 2.18. The van der Waals surface area contributed by atoms with Gasteiger partial charge in [0.15, 0.2) is 0 Å². The van der Waals surface area contributed by atoms with Gasteiger partial charge in [-0.2, -0.15) is 0 Å². The lowest BCUT2D eigenvalue weighted by Crippen LogP contribution is -2.29. The zero-order valence-electron chi connectivity index (χ0n) is 8.66. The van der Waals surface area contributed by atoms with E-state index in [4.69, 9.17) is 10.7 Å². The van der Waals surface area contributed by atoms with E-state index in [0.717, 1.165) is 6.07 Å². The third-order valence-corrected chi connectivity index (χ3v) is 3.23. The normalized spacial score (nSPS) is 11.6. The Kier molecular flexibility index (Phi) is 4.58. The predicted octanol–water partition coefficient (Wildman–Crippen LogP) is 1.75. The maximum atomic E-state index is 13.2. The van der Waals surface area contributed by atoms with Crippen LogP contribution in [0.1, 0.15) is 10.4 Å². The van der Waals surface area contributed by atoms with Gasteiger partial charge in [0.25, 0.3) is 21.4 Å². The number of carbonyl (C=O) groups is 1. The molecule has 1 N–H and O–H groups in total. The van der Waals surface area contributed by atoms with E-state index >= 15 is 0 Å². The summed E-state index contributed by atoms with van der Waals surface area (Å²) in [5.41, 5.74) is -0.669. The third kappa shape index (κ3) is 3.88. The quantitative estimate of drug-likeness (QED) is 0.862. The largest absolute Gasteiger partial charge is 0.346 e. The molecule has 0 spiro atoms. The molecular weight excluding hydrogens is 295 g/mol. The first-order chi connectivity index (χ1) is 8.21. The zero-order valence-corrected chi connectivity index (χ0v) is 10.2. The molecule has 0 aliphatic rings. The summed E-state index contributed by atoms with van der Waals surface area (Å²) in [6, 6.07) is 2.26. The molecule has 4 nitrogen and oxygen atoms in total. The molecule has 0 fully saturated rings. The van der Waals surface area contributed by atoms with Crippen molar-refractivity contribution in [2.45, 2.75) is 11.3 Å². The Labute approximate surface area is 105 Å². The molecule has 0 atom stereocenters. The van der Waals surface area contributed by atoms with E-state index in [9.17, 15) is 26.4 Å². The van der Waals surface area contributed by atoms with Crippen molar-refractivity contribution in [3.8, 4) is 0 Å². The van der Waals surface area contributed by atoms with E-state index in [-0.39, 0.29) is 0 Å². The maximum absolute atomic E-state index is 13.2. The van der Waals surface area contributed by atoms with E-state index in [0.29, 0.717) is 12.1 Å². The van der Waals surface area contributed by atoms with E-state index in [1.807, 2.05) is 0 Å². The Hall–Kier alpha value is -1.28. The minimum Gasteiger partial charge on any atom is -0.346 e. The van der Waals surface area contributed by atoms with Crippen LogP contribution in [0.3, 0.4) is 0 Å². The molecule has 0 heterocycles. The van der Waals surface area contributed by atoms with Crippen LogP contribution in [0.5, 0.6) is 0 Å². The molecule has 1 aromatic rings. The first kappa shape index (κ1) is 14.8. The highest BCUT2D eigenvalue weighted by molar-refractivity contribution is 8.13. The lowest BCUT2D eigenvalue weighted by molar-refractivity contribution is 0.0887. The fraction of sp³-hybridized carbons (Fsp3) is 0.222. The van der Waals surface area contributed by atoms with Crippen LogP contribution in [0.2, 0.25) is 0 Å². The zero-order chi connectivity index (χ0) is 13.9. The molecule has 9 heteroatoms. The van der Waals surface area contributed by atoms with Crippen molar-refractivity contribution in [3.63, 3.8) is 0 Å². The van der Waals surface area contributed by atoms with Gasteiger partial charge in [0.2, 0.25) is 0 Å². The molecule has 1 aromatic carbocycles. The maximum Gasteiger partial charge on any atom is 0.261 e. The number of hydrogen-bond donors (Lipinski definition) is 1. The lowest BCUT2D eigenvalue weighted by atomic mass is 10.2. The smallest absolute Gasteiger partial charge is 0.261 e. The van der Waals surface area contributed by atoms with Gasteiger partial charge in [-0.1, -0.05) is 0 Å². The molecule has 0 radical (unpaired) electrons. The van der Waals surface area contributed by atoms with E-state index < -0.39 is 44.2 Å². The van der Waals surface area contributed by atoms with Crippen LogP contribution in [0.15, 0.2) is 23.1 Å². The molecular formula is C9H7ClF3NO3S. The van der Waals surface area contributed by atoms with Crippen LogP contribution < -0.4 is 5.32 Å². The Morgan fingerprint density at radius 3 is 2.50 bits per heavy atom. The molecule has 0 aliphatic heterocycles. The Balaban J connectivity index is 3.05. The Bertz CT molecular complexity index is 562. The minimum atomic E-state index is -4.13. The van der Waals surface area contributed by atoms with Gasteiger partial charge >= 0.3 is 0 Å². The SMILES string of the molecule is O=C(NCC(F)F)c1cc(S(=O)(=O)Cl)ccc1F. The topological polar surface area (TPSA) is 63.2 Å². The van der Waals surface area contributed by atoms with Gasteiger partial charge in [0.05, 0.1) is 17.0 Å². The number of benzene rings is 1. The summed E-state index contributed by atoms with van der Waals surface area (Å²) in [6.45, 7) is -0.962. The lowest BCUT2D eigenvalue weighted by Gasteiger charge is -2.06. The van der Waals surface area contributed by atoms with Crippen LogP contribution in [0, 0.1) is 5.82 Å². The fourth-order valence-electron chi connectivity index (χ4n) is 1.10. The summed E-state index contributed by atoms with van der Waals surface area (Å²) in [5, 5.41) is 1.75. The van der Waals surface area contributed by atoms with Gasteiger partial charge in [0, 0.05) is 10.7 Å². The predicted molar refractivity (Wildman–Crippen MR) is 57.8 cm³/mol. The highest BCUT2D eigenvalue weighted by atomic mass is 35.7. The molecule has 1 amide bonds.